The molecule has 1 saturated heterocycles. The Balaban J connectivity index is 1.97. The average molecular weight is 300 g/mol. The molecule has 106 valence electrons. The van der Waals surface area contributed by atoms with Crippen LogP contribution in [0, 0.1) is 0 Å². The molecule has 0 bridgehead atoms. The maximum atomic E-state index is 6.35. The fraction of sp³-hybridized carbons (Fsp3) is 0.600. The third kappa shape index (κ3) is 4.67. The van der Waals surface area contributed by atoms with Gasteiger partial charge < -0.3 is 10.5 Å². The molecule has 1 aliphatic rings. The van der Waals surface area contributed by atoms with E-state index in [4.69, 9.17) is 22.1 Å². The minimum atomic E-state index is 0.200. The Morgan fingerprint density at radius 1 is 1.42 bits per heavy atom. The van der Waals surface area contributed by atoms with Gasteiger partial charge in [0.25, 0.3) is 0 Å². The maximum Gasteiger partial charge on any atom is 0.0476 e. The van der Waals surface area contributed by atoms with Gasteiger partial charge >= 0.3 is 0 Å². The first-order valence-corrected chi connectivity index (χ1v) is 8.23. The number of thioether (sulfide) groups is 1. The van der Waals surface area contributed by atoms with Crippen LogP contribution in [0.15, 0.2) is 23.1 Å². The van der Waals surface area contributed by atoms with E-state index in [9.17, 15) is 0 Å². The maximum absolute atomic E-state index is 6.35. The van der Waals surface area contributed by atoms with Gasteiger partial charge in [-0.2, -0.15) is 0 Å². The Morgan fingerprint density at radius 2 is 2.16 bits per heavy atom. The predicted octanol–water partition coefficient (Wildman–Crippen LogP) is 3.89. The van der Waals surface area contributed by atoms with Crippen molar-refractivity contribution in [3.8, 4) is 0 Å². The van der Waals surface area contributed by atoms with Gasteiger partial charge in [0, 0.05) is 34.4 Å². The SMILES string of the molecule is CCC(N)Cc1ccc(SC2CCOCC2)cc1Cl. The van der Waals surface area contributed by atoms with E-state index < -0.39 is 0 Å². The molecule has 0 aromatic heterocycles. The number of ether oxygens (including phenoxy) is 1. The summed E-state index contributed by atoms with van der Waals surface area (Å²) in [5.41, 5.74) is 7.14. The lowest BCUT2D eigenvalue weighted by Gasteiger charge is -2.21. The van der Waals surface area contributed by atoms with Crippen LogP contribution in [0.25, 0.3) is 0 Å². The van der Waals surface area contributed by atoms with Crippen LogP contribution in [0.2, 0.25) is 5.02 Å². The van der Waals surface area contributed by atoms with Crippen LogP contribution in [0.4, 0.5) is 0 Å². The van der Waals surface area contributed by atoms with Crippen molar-refractivity contribution in [2.24, 2.45) is 5.73 Å². The van der Waals surface area contributed by atoms with E-state index in [2.05, 4.69) is 25.1 Å². The molecule has 1 aliphatic heterocycles. The predicted molar refractivity (Wildman–Crippen MR) is 83.1 cm³/mol. The van der Waals surface area contributed by atoms with E-state index >= 15 is 0 Å². The van der Waals surface area contributed by atoms with Gasteiger partial charge in [-0.15, -0.1) is 11.8 Å². The molecule has 0 radical (unpaired) electrons. The van der Waals surface area contributed by atoms with E-state index in [0.29, 0.717) is 5.25 Å². The summed E-state index contributed by atoms with van der Waals surface area (Å²) in [4.78, 5) is 1.26. The lowest BCUT2D eigenvalue weighted by Crippen LogP contribution is -2.21. The Kier molecular flexibility index (Phi) is 6.02. The van der Waals surface area contributed by atoms with E-state index in [-0.39, 0.29) is 6.04 Å². The van der Waals surface area contributed by atoms with Crippen molar-refractivity contribution >= 4 is 23.4 Å². The molecule has 1 aromatic carbocycles. The first-order valence-electron chi connectivity index (χ1n) is 6.97. The Labute approximate surface area is 125 Å². The second-order valence-electron chi connectivity index (χ2n) is 5.06. The molecule has 1 heterocycles. The Morgan fingerprint density at radius 3 is 2.79 bits per heavy atom. The van der Waals surface area contributed by atoms with Crippen molar-refractivity contribution < 1.29 is 4.74 Å². The molecule has 1 atom stereocenters. The van der Waals surface area contributed by atoms with Crippen LogP contribution in [-0.2, 0) is 11.2 Å². The van der Waals surface area contributed by atoms with Crippen LogP contribution in [0.1, 0.15) is 31.7 Å². The third-order valence-electron chi connectivity index (χ3n) is 3.50. The summed E-state index contributed by atoms with van der Waals surface area (Å²) in [6.07, 6.45) is 4.10. The Bertz CT molecular complexity index is 407. The molecule has 2 rings (SSSR count). The van der Waals surface area contributed by atoms with Crippen molar-refractivity contribution in [3.05, 3.63) is 28.8 Å². The summed E-state index contributed by atoms with van der Waals surface area (Å²) in [5, 5.41) is 1.51. The summed E-state index contributed by atoms with van der Waals surface area (Å²) in [6.45, 7) is 3.87. The van der Waals surface area contributed by atoms with E-state index in [0.717, 1.165) is 49.5 Å². The zero-order valence-electron chi connectivity index (χ0n) is 11.4. The molecule has 1 unspecified atom stereocenters. The van der Waals surface area contributed by atoms with Crippen LogP contribution in [-0.4, -0.2) is 24.5 Å². The number of hydrogen-bond donors (Lipinski definition) is 1. The fourth-order valence-corrected chi connectivity index (χ4v) is 3.65. The number of nitrogens with two attached hydrogens (primary N) is 1. The number of benzene rings is 1. The summed E-state index contributed by atoms with van der Waals surface area (Å²) in [5.74, 6) is 0. The van der Waals surface area contributed by atoms with Crippen molar-refractivity contribution in [1.29, 1.82) is 0 Å². The lowest BCUT2D eigenvalue weighted by atomic mass is 10.1. The Hall–Kier alpha value is -0.220. The average Bonchev–Trinajstić information content (AvgIpc) is 2.43. The van der Waals surface area contributed by atoms with Crippen molar-refractivity contribution in [1.82, 2.24) is 0 Å². The first-order chi connectivity index (χ1) is 9.19. The van der Waals surface area contributed by atoms with Crippen LogP contribution < -0.4 is 5.73 Å². The normalized spacial score (nSPS) is 18.5. The van der Waals surface area contributed by atoms with Gasteiger partial charge in [0.2, 0.25) is 0 Å². The minimum Gasteiger partial charge on any atom is -0.381 e. The summed E-state index contributed by atoms with van der Waals surface area (Å²) in [7, 11) is 0. The summed E-state index contributed by atoms with van der Waals surface area (Å²) < 4.78 is 5.38. The van der Waals surface area contributed by atoms with Crippen LogP contribution in [0.5, 0.6) is 0 Å². The highest BCUT2D eigenvalue weighted by molar-refractivity contribution is 8.00. The van der Waals surface area contributed by atoms with E-state index in [1.165, 1.54) is 4.90 Å². The van der Waals surface area contributed by atoms with Crippen molar-refractivity contribution in [2.45, 2.75) is 48.8 Å². The highest BCUT2D eigenvalue weighted by Crippen LogP contribution is 2.32. The number of halogens is 1. The second kappa shape index (κ2) is 7.53. The molecule has 4 heteroatoms. The standard InChI is InChI=1S/C15H22ClNOS/c1-2-12(17)9-11-3-4-14(10-15(11)16)19-13-5-7-18-8-6-13/h3-4,10,12-13H,2,5-9,17H2,1H3. The number of rotatable bonds is 5. The molecule has 19 heavy (non-hydrogen) atoms. The topological polar surface area (TPSA) is 35.2 Å². The molecular weight excluding hydrogens is 278 g/mol. The zero-order chi connectivity index (χ0) is 13.7. The smallest absolute Gasteiger partial charge is 0.0476 e. The van der Waals surface area contributed by atoms with Crippen LogP contribution in [0.3, 0.4) is 0 Å². The monoisotopic (exact) mass is 299 g/mol. The van der Waals surface area contributed by atoms with Gasteiger partial charge in [0.1, 0.15) is 0 Å². The van der Waals surface area contributed by atoms with Gasteiger partial charge in [-0.3, -0.25) is 0 Å². The lowest BCUT2D eigenvalue weighted by molar-refractivity contribution is 0.100. The van der Waals surface area contributed by atoms with Gasteiger partial charge in [0.15, 0.2) is 0 Å². The zero-order valence-corrected chi connectivity index (χ0v) is 13.0. The molecule has 0 saturated carbocycles. The minimum absolute atomic E-state index is 0.200. The second-order valence-corrected chi connectivity index (χ2v) is 6.84. The highest BCUT2D eigenvalue weighted by Gasteiger charge is 2.15. The summed E-state index contributed by atoms with van der Waals surface area (Å²) >= 11 is 8.27. The molecular formula is C15H22ClNOS. The van der Waals surface area contributed by atoms with Gasteiger partial charge in [-0.25, -0.2) is 0 Å². The quantitative estimate of drug-likeness (QED) is 0.896. The van der Waals surface area contributed by atoms with Crippen molar-refractivity contribution in [2.75, 3.05) is 13.2 Å². The van der Waals surface area contributed by atoms with E-state index in [1.54, 1.807) is 0 Å². The van der Waals surface area contributed by atoms with Crippen LogP contribution >= 0.6 is 23.4 Å². The molecule has 0 spiro atoms. The molecule has 2 nitrogen and oxygen atoms in total. The van der Waals surface area contributed by atoms with E-state index in [1.807, 2.05) is 11.8 Å². The van der Waals surface area contributed by atoms with Gasteiger partial charge in [0.05, 0.1) is 0 Å². The molecule has 1 aromatic rings. The van der Waals surface area contributed by atoms with Gasteiger partial charge in [-0.05, 0) is 43.4 Å². The highest BCUT2D eigenvalue weighted by atomic mass is 35.5. The fourth-order valence-electron chi connectivity index (χ4n) is 2.18. The third-order valence-corrected chi connectivity index (χ3v) is 5.18. The largest absolute Gasteiger partial charge is 0.381 e. The van der Waals surface area contributed by atoms with Gasteiger partial charge in [-0.1, -0.05) is 24.6 Å². The summed E-state index contributed by atoms with van der Waals surface area (Å²) in [6, 6.07) is 6.58. The first kappa shape index (κ1) is 15.2. The number of hydrogen-bond acceptors (Lipinski definition) is 3. The molecule has 0 aliphatic carbocycles. The molecule has 0 amide bonds. The van der Waals surface area contributed by atoms with Crippen molar-refractivity contribution in [3.63, 3.8) is 0 Å². The molecule has 2 N–H and O–H groups in total. The molecule has 1 fully saturated rings.